The van der Waals surface area contributed by atoms with Crippen LogP contribution in [-0.2, 0) is 48.0 Å². The normalized spacial score (nSPS) is 18.3. The zero-order valence-electron chi connectivity index (χ0n) is 31.3. The van der Waals surface area contributed by atoms with Crippen molar-refractivity contribution >= 4 is 52.5 Å². The molecule has 57 heavy (non-hydrogen) atoms. The third kappa shape index (κ3) is 13.5. The lowest BCUT2D eigenvalue weighted by Gasteiger charge is -2.22. The first-order valence-electron chi connectivity index (χ1n) is 18.3. The zero-order chi connectivity index (χ0) is 40.6. The van der Waals surface area contributed by atoms with Crippen molar-refractivity contribution in [3.05, 3.63) is 142 Å². The predicted molar refractivity (Wildman–Crippen MR) is 217 cm³/mol. The van der Waals surface area contributed by atoms with Crippen LogP contribution in [0.25, 0.3) is 11.1 Å². The number of carbonyl (C=O) groups excluding carboxylic acids is 5. The molecule has 5 aromatic rings. The van der Waals surface area contributed by atoms with E-state index >= 15 is 0 Å². The molecule has 0 fully saturated rings. The van der Waals surface area contributed by atoms with Crippen LogP contribution in [0.2, 0.25) is 0 Å². The van der Waals surface area contributed by atoms with Crippen molar-refractivity contribution in [2.75, 3.05) is 11.9 Å². The van der Waals surface area contributed by atoms with Crippen LogP contribution < -0.4 is 26.6 Å². The molecule has 0 saturated heterocycles. The van der Waals surface area contributed by atoms with Crippen molar-refractivity contribution in [3.8, 4) is 11.1 Å². The summed E-state index contributed by atoms with van der Waals surface area (Å²) in [4.78, 5) is 81.4. The molecule has 0 saturated carbocycles. The van der Waals surface area contributed by atoms with E-state index in [1.165, 1.54) is 40.4 Å². The fraction of sp³-hybridized carbons (Fsp3) is 0.233. The van der Waals surface area contributed by atoms with Crippen molar-refractivity contribution in [2.45, 2.75) is 57.2 Å². The third-order valence-electron chi connectivity index (χ3n) is 8.93. The highest BCUT2D eigenvalue weighted by atomic mass is 32.1. The second-order valence-electron chi connectivity index (χ2n) is 13.4. The van der Waals surface area contributed by atoms with Crippen LogP contribution in [0, 0.1) is 6.92 Å². The Kier molecular flexibility index (Phi) is 15.2. The summed E-state index contributed by atoms with van der Waals surface area (Å²) in [7, 11) is 0. The Hall–Kier alpha value is -6.67. The van der Waals surface area contributed by atoms with Crippen LogP contribution in [-0.4, -0.2) is 70.3 Å². The topological polar surface area (TPSA) is 196 Å². The molecule has 0 spiro atoms. The summed E-state index contributed by atoms with van der Waals surface area (Å²) in [5.41, 5.74) is 5.55. The molecule has 3 aromatic carbocycles. The van der Waals surface area contributed by atoms with E-state index in [0.29, 0.717) is 16.8 Å². The first kappa shape index (κ1) is 41.5. The van der Waals surface area contributed by atoms with Gasteiger partial charge in [-0.15, -0.1) is 11.3 Å². The smallest absolute Gasteiger partial charge is 0.326 e. The maximum absolute atomic E-state index is 13.3. The maximum atomic E-state index is 13.3. The van der Waals surface area contributed by atoms with Gasteiger partial charge in [0.15, 0.2) is 0 Å². The maximum Gasteiger partial charge on any atom is 0.326 e. The van der Waals surface area contributed by atoms with Crippen LogP contribution in [0.15, 0.2) is 121 Å². The fourth-order valence-electron chi connectivity index (χ4n) is 5.86. The number of anilines is 1. The van der Waals surface area contributed by atoms with E-state index in [2.05, 4.69) is 87.0 Å². The van der Waals surface area contributed by atoms with Gasteiger partial charge in [-0.3, -0.25) is 29.0 Å². The van der Waals surface area contributed by atoms with E-state index < -0.39 is 60.2 Å². The minimum atomic E-state index is -1.32. The molecule has 2 aliphatic heterocycles. The van der Waals surface area contributed by atoms with E-state index in [1.807, 2.05) is 17.5 Å². The largest absolute Gasteiger partial charge is 0.480 e. The number of aryl methyl sites for hydroxylation is 1. The van der Waals surface area contributed by atoms with Crippen molar-refractivity contribution in [2.24, 2.45) is 0 Å². The SMILES string of the molecule is Cc1ccc(-c2ccccc2)cc1.O=C1CCC(=O)N[C@H](Cc2cccs2)C(=O)NCC(=O)N[C@H](Cc2ccncc2)C(=O)N[C@H](C(=O)O)Cc2ccc(cc2)N1. The van der Waals surface area contributed by atoms with Crippen molar-refractivity contribution in [1.82, 2.24) is 26.3 Å². The van der Waals surface area contributed by atoms with E-state index in [-0.39, 0.29) is 32.1 Å². The summed E-state index contributed by atoms with van der Waals surface area (Å²) < 4.78 is 0. The van der Waals surface area contributed by atoms with E-state index in [1.54, 1.807) is 42.5 Å². The molecule has 0 aliphatic carbocycles. The van der Waals surface area contributed by atoms with Gasteiger partial charge in [-0.05, 0) is 64.9 Å². The Labute approximate surface area is 334 Å². The standard InChI is InChI=1S/C30H32N6O7S.C13H12/c37-25-7-8-26(38)34-23(16-21-2-1-13-44-21)28(40)32-17-27(39)35-22(14-19-9-11-31-12-10-19)29(41)36-24(30(42)43)15-18-3-5-20(33-25)6-4-18;1-11-7-9-13(10-8-11)12-5-3-2-4-6-12/h1-6,9-13,22-24H,7-8,14-17H2,(H,32,40)(H,33,37)(H,34,38)(H,35,39)(H,36,41)(H,42,43);2-10H,1H3/t22-,23-,24+;/m1./s1. The van der Waals surface area contributed by atoms with Crippen LogP contribution in [0.5, 0.6) is 0 Å². The van der Waals surface area contributed by atoms with Gasteiger partial charge in [-0.2, -0.15) is 0 Å². The molecule has 6 N–H and O–H groups in total. The van der Waals surface area contributed by atoms with Gasteiger partial charge in [0.25, 0.3) is 0 Å². The Bertz CT molecular complexity index is 2110. The average Bonchev–Trinajstić information content (AvgIpc) is 3.73. The first-order valence-corrected chi connectivity index (χ1v) is 19.2. The Morgan fingerprint density at radius 3 is 2.02 bits per heavy atom. The lowest BCUT2D eigenvalue weighted by Crippen LogP contribution is -2.55. The molecule has 13 nitrogen and oxygen atoms in total. The Balaban J connectivity index is 0.000000400. The van der Waals surface area contributed by atoms with Gasteiger partial charge in [0.2, 0.25) is 29.5 Å². The number of thiophene rings is 1. The van der Waals surface area contributed by atoms with Gasteiger partial charge in [0.1, 0.15) is 18.1 Å². The van der Waals surface area contributed by atoms with Crippen LogP contribution >= 0.6 is 11.3 Å². The van der Waals surface area contributed by atoms with Crippen LogP contribution in [0.1, 0.15) is 34.4 Å². The van der Waals surface area contributed by atoms with Gasteiger partial charge in [-0.1, -0.05) is 78.4 Å². The number of aliphatic carboxylic acids is 1. The van der Waals surface area contributed by atoms with Gasteiger partial charge >= 0.3 is 5.97 Å². The van der Waals surface area contributed by atoms with Crippen molar-refractivity contribution in [3.63, 3.8) is 0 Å². The number of nitrogens with zero attached hydrogens (tertiary/aromatic N) is 1. The highest BCUT2D eigenvalue weighted by Crippen LogP contribution is 2.19. The molecule has 0 unspecified atom stereocenters. The number of pyridine rings is 1. The number of amides is 5. The molecule has 5 amide bonds. The fourth-order valence-corrected chi connectivity index (χ4v) is 6.62. The molecule has 0 radical (unpaired) electrons. The summed E-state index contributed by atoms with van der Waals surface area (Å²) >= 11 is 1.40. The molecule has 2 aromatic heterocycles. The summed E-state index contributed by atoms with van der Waals surface area (Å²) in [6.07, 6.45) is 2.87. The number of fused-ring (bicyclic) bond motifs is 18. The van der Waals surface area contributed by atoms with Gasteiger partial charge < -0.3 is 31.7 Å². The quantitative estimate of drug-likeness (QED) is 0.138. The van der Waals surface area contributed by atoms with Crippen molar-refractivity contribution < 1.29 is 33.9 Å². The number of carboxylic acids is 1. The number of rotatable bonds is 6. The van der Waals surface area contributed by atoms with Crippen molar-refractivity contribution in [1.29, 1.82) is 0 Å². The molecular formula is C43H44N6O7S. The lowest BCUT2D eigenvalue weighted by molar-refractivity contribution is -0.142. The molecule has 2 bridgehead atoms. The Morgan fingerprint density at radius 1 is 0.702 bits per heavy atom. The zero-order valence-corrected chi connectivity index (χ0v) is 32.1. The third-order valence-corrected chi connectivity index (χ3v) is 9.83. The second kappa shape index (κ2) is 20.9. The number of nitrogens with one attached hydrogen (secondary N) is 5. The van der Waals surface area contributed by atoms with Gasteiger partial charge in [0.05, 0.1) is 6.54 Å². The molecule has 294 valence electrons. The number of carboxylic acid groups (broad SMARTS) is 1. The second-order valence-corrected chi connectivity index (χ2v) is 14.4. The molecule has 14 heteroatoms. The highest BCUT2D eigenvalue weighted by molar-refractivity contribution is 7.09. The average molecular weight is 789 g/mol. The summed E-state index contributed by atoms with van der Waals surface area (Å²) in [5, 5.41) is 24.6. The number of aromatic nitrogens is 1. The van der Waals surface area contributed by atoms with Gasteiger partial charge in [-0.25, -0.2) is 4.79 Å². The molecule has 7 rings (SSSR count). The summed E-state index contributed by atoms with van der Waals surface area (Å²) in [5.74, 6) is -4.27. The van der Waals surface area contributed by atoms with E-state index in [9.17, 15) is 33.9 Å². The van der Waals surface area contributed by atoms with E-state index in [0.717, 1.165) is 4.88 Å². The minimum Gasteiger partial charge on any atom is -0.480 e. The monoisotopic (exact) mass is 788 g/mol. The van der Waals surface area contributed by atoms with Gasteiger partial charge in [0, 0.05) is 55.1 Å². The highest BCUT2D eigenvalue weighted by Gasteiger charge is 2.28. The molecule has 3 atom stereocenters. The summed E-state index contributed by atoms with van der Waals surface area (Å²) in [6.45, 7) is 1.60. The lowest BCUT2D eigenvalue weighted by atomic mass is 10.0. The number of carbonyl (C=O) groups is 6. The predicted octanol–water partition coefficient (Wildman–Crippen LogP) is 4.22. The first-order chi connectivity index (χ1) is 27.5. The number of hydrogen-bond donors (Lipinski definition) is 6. The molecule has 4 heterocycles. The minimum absolute atomic E-state index is 0.0336. The Morgan fingerprint density at radius 2 is 1.35 bits per heavy atom. The van der Waals surface area contributed by atoms with Crippen LogP contribution in [0.4, 0.5) is 5.69 Å². The molecule has 2 aliphatic rings. The summed E-state index contributed by atoms with van der Waals surface area (Å²) in [6, 6.07) is 28.9. The molecular weight excluding hydrogens is 745 g/mol. The van der Waals surface area contributed by atoms with E-state index in [4.69, 9.17) is 0 Å². The number of benzene rings is 3. The number of hydrogen-bond acceptors (Lipinski definition) is 8. The van der Waals surface area contributed by atoms with Crippen LogP contribution in [0.3, 0.4) is 0 Å².